The fourth-order valence-electron chi connectivity index (χ4n) is 3.95. The van der Waals surface area contributed by atoms with Crippen LogP contribution in [-0.2, 0) is 9.59 Å². The molecule has 0 spiro atoms. The van der Waals surface area contributed by atoms with Crippen molar-refractivity contribution in [2.75, 3.05) is 32.8 Å². The van der Waals surface area contributed by atoms with Gasteiger partial charge in [-0.2, -0.15) is 0 Å². The summed E-state index contributed by atoms with van der Waals surface area (Å²) in [5.41, 5.74) is 0.00189. The predicted molar refractivity (Wildman–Crippen MR) is 94.4 cm³/mol. The van der Waals surface area contributed by atoms with Gasteiger partial charge >= 0.3 is 0 Å². The summed E-state index contributed by atoms with van der Waals surface area (Å²) in [6.45, 7) is 9.18. The number of nitrogens with zero attached hydrogens (tertiary/aromatic N) is 2. The number of hydrogen-bond acceptors (Lipinski definition) is 3. The fourth-order valence-corrected chi connectivity index (χ4v) is 3.95. The average Bonchev–Trinajstić information content (AvgIpc) is 2.66. The lowest BCUT2D eigenvalue weighted by atomic mass is 9.76. The van der Waals surface area contributed by atoms with Crippen molar-refractivity contribution in [2.24, 2.45) is 17.3 Å². The molecule has 0 saturated carbocycles. The van der Waals surface area contributed by atoms with Crippen molar-refractivity contribution in [3.8, 4) is 0 Å². The maximum Gasteiger partial charge on any atom is 0.227 e. The molecule has 5 heteroatoms. The van der Waals surface area contributed by atoms with Gasteiger partial charge in [0.2, 0.25) is 11.8 Å². The molecule has 2 heterocycles. The number of aliphatic hydroxyl groups excluding tert-OH is 1. The molecule has 0 bridgehead atoms. The summed E-state index contributed by atoms with van der Waals surface area (Å²) < 4.78 is 0. The number of amides is 2. The van der Waals surface area contributed by atoms with Crippen molar-refractivity contribution in [3.05, 3.63) is 0 Å². The molecule has 2 rings (SSSR count). The summed E-state index contributed by atoms with van der Waals surface area (Å²) in [5, 5.41) is 9.64. The van der Waals surface area contributed by atoms with Crippen molar-refractivity contribution < 1.29 is 14.7 Å². The average molecular weight is 338 g/mol. The Morgan fingerprint density at radius 2 is 1.83 bits per heavy atom. The van der Waals surface area contributed by atoms with Gasteiger partial charge in [-0.3, -0.25) is 9.59 Å². The van der Waals surface area contributed by atoms with E-state index < -0.39 is 0 Å². The van der Waals surface area contributed by atoms with Crippen LogP contribution in [0.5, 0.6) is 0 Å². The number of hydrogen-bond donors (Lipinski definition) is 1. The maximum atomic E-state index is 12.9. The molecule has 0 radical (unpaired) electrons. The molecule has 0 aliphatic carbocycles. The second-order valence-electron chi connectivity index (χ2n) is 7.77. The van der Waals surface area contributed by atoms with Crippen LogP contribution in [0.2, 0.25) is 0 Å². The molecule has 2 unspecified atom stereocenters. The van der Waals surface area contributed by atoms with E-state index in [1.165, 1.54) is 0 Å². The van der Waals surface area contributed by atoms with Crippen LogP contribution in [0.25, 0.3) is 0 Å². The zero-order valence-corrected chi connectivity index (χ0v) is 15.6. The number of carbonyl (C=O) groups excluding carboxylic acids is 2. The van der Waals surface area contributed by atoms with Crippen molar-refractivity contribution in [2.45, 2.75) is 59.3 Å². The molecule has 2 amide bonds. The molecule has 2 aliphatic heterocycles. The summed E-state index contributed by atoms with van der Waals surface area (Å²) in [6, 6.07) is 0. The zero-order chi connectivity index (χ0) is 17.7. The Labute approximate surface area is 146 Å². The van der Waals surface area contributed by atoms with E-state index in [2.05, 4.69) is 6.92 Å². The quantitative estimate of drug-likeness (QED) is 0.836. The van der Waals surface area contributed by atoms with E-state index in [1.807, 2.05) is 23.6 Å². The molecule has 2 fully saturated rings. The first kappa shape index (κ1) is 19.2. The minimum absolute atomic E-state index is 0.00189. The summed E-state index contributed by atoms with van der Waals surface area (Å²) in [7, 11) is 0. The lowest BCUT2D eigenvalue weighted by Gasteiger charge is -2.42. The number of carbonyl (C=O) groups is 2. The SMILES string of the molecule is CCC(C)C(=O)N1CCCC(C(=O)N2CCC(CC)(CO)CC2)C1. The highest BCUT2D eigenvalue weighted by atomic mass is 16.3. The minimum atomic E-state index is -0.0463. The largest absolute Gasteiger partial charge is 0.396 e. The van der Waals surface area contributed by atoms with Crippen molar-refractivity contribution in [1.29, 1.82) is 0 Å². The molecular weight excluding hydrogens is 304 g/mol. The monoisotopic (exact) mass is 338 g/mol. The summed E-state index contributed by atoms with van der Waals surface area (Å²) in [5.74, 6) is 0.400. The predicted octanol–water partition coefficient (Wildman–Crippen LogP) is 2.28. The van der Waals surface area contributed by atoms with Gasteiger partial charge < -0.3 is 14.9 Å². The molecule has 0 aromatic carbocycles. The van der Waals surface area contributed by atoms with Crippen LogP contribution in [0.4, 0.5) is 0 Å². The number of rotatable bonds is 5. The third kappa shape index (κ3) is 4.11. The molecule has 2 saturated heterocycles. The topological polar surface area (TPSA) is 60.9 Å². The Morgan fingerprint density at radius 3 is 2.38 bits per heavy atom. The molecule has 2 atom stereocenters. The Bertz CT molecular complexity index is 438. The number of aliphatic hydroxyl groups is 1. The summed E-state index contributed by atoms with van der Waals surface area (Å²) >= 11 is 0. The second-order valence-corrected chi connectivity index (χ2v) is 7.77. The van der Waals surface area contributed by atoms with Crippen LogP contribution < -0.4 is 0 Å². The molecule has 24 heavy (non-hydrogen) atoms. The highest BCUT2D eigenvalue weighted by Crippen LogP contribution is 2.35. The summed E-state index contributed by atoms with van der Waals surface area (Å²) in [6.07, 6.45) is 5.38. The second kappa shape index (κ2) is 8.32. The Hall–Kier alpha value is -1.10. The smallest absolute Gasteiger partial charge is 0.227 e. The number of likely N-dealkylation sites (tertiary alicyclic amines) is 2. The third-order valence-electron chi connectivity index (χ3n) is 6.34. The van der Waals surface area contributed by atoms with Gasteiger partial charge in [-0.05, 0) is 43.9 Å². The first-order valence-electron chi connectivity index (χ1n) is 9.64. The fraction of sp³-hybridized carbons (Fsp3) is 0.895. The van der Waals surface area contributed by atoms with Crippen LogP contribution in [0.15, 0.2) is 0 Å². The normalized spacial score (nSPS) is 25.4. The van der Waals surface area contributed by atoms with Gasteiger partial charge in [0.25, 0.3) is 0 Å². The van der Waals surface area contributed by atoms with E-state index in [-0.39, 0.29) is 35.7 Å². The first-order chi connectivity index (χ1) is 11.5. The maximum absolute atomic E-state index is 12.9. The lowest BCUT2D eigenvalue weighted by Crippen LogP contribution is -2.51. The number of piperidine rings is 2. The molecule has 138 valence electrons. The molecule has 0 aromatic rings. The van der Waals surface area contributed by atoms with Crippen molar-refractivity contribution >= 4 is 11.8 Å². The lowest BCUT2D eigenvalue weighted by molar-refractivity contribution is -0.144. The van der Waals surface area contributed by atoms with E-state index in [1.54, 1.807) is 0 Å². The zero-order valence-electron chi connectivity index (χ0n) is 15.6. The van der Waals surface area contributed by atoms with Crippen LogP contribution in [0.3, 0.4) is 0 Å². The Balaban J connectivity index is 1.92. The molecule has 1 N–H and O–H groups in total. The van der Waals surface area contributed by atoms with Gasteiger partial charge in [-0.25, -0.2) is 0 Å². The van der Waals surface area contributed by atoms with E-state index in [0.717, 1.165) is 58.2 Å². The molecule has 0 aromatic heterocycles. The van der Waals surface area contributed by atoms with E-state index in [4.69, 9.17) is 0 Å². The van der Waals surface area contributed by atoms with Crippen LogP contribution in [0, 0.1) is 17.3 Å². The highest BCUT2D eigenvalue weighted by Gasteiger charge is 2.37. The molecular formula is C19H34N2O3. The van der Waals surface area contributed by atoms with Gasteiger partial charge in [0, 0.05) is 38.7 Å². The summed E-state index contributed by atoms with van der Waals surface area (Å²) in [4.78, 5) is 29.1. The Kier molecular flexibility index (Phi) is 6.67. The molecule has 2 aliphatic rings. The first-order valence-corrected chi connectivity index (χ1v) is 9.64. The minimum Gasteiger partial charge on any atom is -0.396 e. The van der Waals surface area contributed by atoms with E-state index in [9.17, 15) is 14.7 Å². The van der Waals surface area contributed by atoms with Gasteiger partial charge in [-0.15, -0.1) is 0 Å². The van der Waals surface area contributed by atoms with Gasteiger partial charge in [-0.1, -0.05) is 20.8 Å². The van der Waals surface area contributed by atoms with E-state index >= 15 is 0 Å². The molecule has 5 nitrogen and oxygen atoms in total. The highest BCUT2D eigenvalue weighted by molar-refractivity contribution is 5.82. The van der Waals surface area contributed by atoms with Gasteiger partial charge in [0.1, 0.15) is 0 Å². The van der Waals surface area contributed by atoms with Crippen molar-refractivity contribution in [3.63, 3.8) is 0 Å². The van der Waals surface area contributed by atoms with Crippen LogP contribution in [-0.4, -0.2) is 59.5 Å². The van der Waals surface area contributed by atoms with Crippen LogP contribution >= 0.6 is 0 Å². The van der Waals surface area contributed by atoms with Gasteiger partial charge in [0.15, 0.2) is 0 Å². The van der Waals surface area contributed by atoms with E-state index in [0.29, 0.717) is 6.54 Å². The van der Waals surface area contributed by atoms with Crippen LogP contribution in [0.1, 0.15) is 59.3 Å². The third-order valence-corrected chi connectivity index (χ3v) is 6.34. The Morgan fingerprint density at radius 1 is 1.17 bits per heavy atom. The standard InChI is InChI=1S/C19H34N2O3/c1-4-15(3)17(23)21-10-6-7-16(13-21)18(24)20-11-8-19(5-2,14-22)9-12-20/h15-16,22H,4-14H2,1-3H3. The van der Waals surface area contributed by atoms with Gasteiger partial charge in [0.05, 0.1) is 5.92 Å². The van der Waals surface area contributed by atoms with Crippen molar-refractivity contribution in [1.82, 2.24) is 9.80 Å².